The molecule has 0 fully saturated rings. The number of carbonyl (C=O) groups excluding carboxylic acids is 1. The van der Waals surface area contributed by atoms with E-state index in [-0.39, 0.29) is 18.0 Å². The Morgan fingerprint density at radius 2 is 1.67 bits per heavy atom. The number of carbonyl (C=O) groups is 1. The lowest BCUT2D eigenvalue weighted by molar-refractivity contribution is -0.122. The van der Waals surface area contributed by atoms with Gasteiger partial charge in [-0.25, -0.2) is 0 Å². The summed E-state index contributed by atoms with van der Waals surface area (Å²) < 4.78 is 10.7. The second-order valence-corrected chi connectivity index (χ2v) is 6.82. The van der Waals surface area contributed by atoms with Crippen LogP contribution in [0.4, 0.5) is 5.69 Å². The van der Waals surface area contributed by atoms with E-state index in [1.807, 2.05) is 51.1 Å². The van der Waals surface area contributed by atoms with Crippen molar-refractivity contribution in [2.24, 2.45) is 0 Å². The molecule has 0 saturated heterocycles. The van der Waals surface area contributed by atoms with Gasteiger partial charge in [0.25, 0.3) is 0 Å². The predicted molar refractivity (Wildman–Crippen MR) is 110 cm³/mol. The number of methoxy groups -OCH3 is 2. The van der Waals surface area contributed by atoms with Gasteiger partial charge in [-0.05, 0) is 50.8 Å². The average molecular weight is 370 g/mol. The summed E-state index contributed by atoms with van der Waals surface area (Å²) in [6.45, 7) is 5.86. The number of anilines is 1. The first kappa shape index (κ1) is 20.6. The number of amides is 1. The van der Waals surface area contributed by atoms with Crippen molar-refractivity contribution in [3.63, 3.8) is 0 Å². The zero-order chi connectivity index (χ0) is 19.8. The van der Waals surface area contributed by atoms with Crippen LogP contribution in [0.15, 0.2) is 42.5 Å². The molecule has 2 N–H and O–H groups in total. The number of hydrogen-bond donors (Lipinski definition) is 2. The first-order chi connectivity index (χ1) is 12.9. The fraction of sp³-hybridized carbons (Fsp3) is 0.409. The predicted octanol–water partition coefficient (Wildman–Crippen LogP) is 3.95. The Hall–Kier alpha value is -2.69. The highest BCUT2D eigenvalue weighted by molar-refractivity contribution is 5.84. The standard InChI is InChI=1S/C22H30N2O3/c1-15-13-20(26-4)21(27-5)14-19(15)24-17(3)22(25)23-16(2)11-12-18-9-7-6-8-10-18/h6-10,13-14,16-17,24H,11-12H2,1-5H3,(H,23,25)/t16-,17-/m1/s1. The van der Waals surface area contributed by atoms with Crippen molar-refractivity contribution in [3.05, 3.63) is 53.6 Å². The molecule has 0 radical (unpaired) electrons. The van der Waals surface area contributed by atoms with Gasteiger partial charge in [0, 0.05) is 17.8 Å². The summed E-state index contributed by atoms with van der Waals surface area (Å²) in [4.78, 5) is 12.5. The van der Waals surface area contributed by atoms with Gasteiger partial charge >= 0.3 is 0 Å². The molecule has 0 heterocycles. The Balaban J connectivity index is 1.91. The highest BCUT2D eigenvalue weighted by atomic mass is 16.5. The van der Waals surface area contributed by atoms with Crippen molar-refractivity contribution in [2.45, 2.75) is 45.7 Å². The van der Waals surface area contributed by atoms with Crippen molar-refractivity contribution in [1.29, 1.82) is 0 Å². The molecule has 2 aromatic carbocycles. The molecule has 27 heavy (non-hydrogen) atoms. The smallest absolute Gasteiger partial charge is 0.242 e. The minimum Gasteiger partial charge on any atom is -0.493 e. The maximum Gasteiger partial charge on any atom is 0.242 e. The van der Waals surface area contributed by atoms with Gasteiger partial charge in [-0.15, -0.1) is 0 Å². The van der Waals surface area contributed by atoms with Crippen LogP contribution in [0, 0.1) is 6.92 Å². The first-order valence-corrected chi connectivity index (χ1v) is 9.28. The number of ether oxygens (including phenoxy) is 2. The summed E-state index contributed by atoms with van der Waals surface area (Å²) in [5.74, 6) is 1.28. The van der Waals surface area contributed by atoms with Gasteiger partial charge in [-0.2, -0.15) is 0 Å². The van der Waals surface area contributed by atoms with Crippen LogP contribution in [0.1, 0.15) is 31.4 Å². The molecule has 1 amide bonds. The Bertz CT molecular complexity index is 747. The monoisotopic (exact) mass is 370 g/mol. The SMILES string of the molecule is COc1cc(C)c(N[C@H](C)C(=O)N[C@H](C)CCc2ccccc2)cc1OC. The molecule has 2 atom stereocenters. The normalized spacial score (nSPS) is 12.8. The van der Waals surface area contributed by atoms with E-state index in [9.17, 15) is 4.79 Å². The van der Waals surface area contributed by atoms with Gasteiger partial charge in [-0.3, -0.25) is 4.79 Å². The summed E-state index contributed by atoms with van der Waals surface area (Å²) in [7, 11) is 3.21. The number of benzene rings is 2. The van der Waals surface area contributed by atoms with Crippen molar-refractivity contribution in [3.8, 4) is 11.5 Å². The highest BCUT2D eigenvalue weighted by Gasteiger charge is 2.17. The van der Waals surface area contributed by atoms with Crippen molar-refractivity contribution in [1.82, 2.24) is 5.32 Å². The molecule has 0 saturated carbocycles. The fourth-order valence-corrected chi connectivity index (χ4v) is 2.90. The van der Waals surface area contributed by atoms with E-state index >= 15 is 0 Å². The number of nitrogens with one attached hydrogen (secondary N) is 2. The molecule has 0 aliphatic carbocycles. The maximum atomic E-state index is 12.5. The van der Waals surface area contributed by atoms with E-state index in [1.165, 1.54) is 5.56 Å². The van der Waals surface area contributed by atoms with Gasteiger partial charge < -0.3 is 20.1 Å². The van der Waals surface area contributed by atoms with Crippen LogP contribution < -0.4 is 20.1 Å². The summed E-state index contributed by atoms with van der Waals surface area (Å²) >= 11 is 0. The Labute approximate surface area is 162 Å². The largest absolute Gasteiger partial charge is 0.493 e. The number of rotatable bonds is 9. The van der Waals surface area contributed by atoms with E-state index in [0.717, 1.165) is 24.1 Å². The highest BCUT2D eigenvalue weighted by Crippen LogP contribution is 2.33. The van der Waals surface area contributed by atoms with Gasteiger partial charge in [0.15, 0.2) is 11.5 Å². The molecule has 5 nitrogen and oxygen atoms in total. The van der Waals surface area contributed by atoms with Crippen LogP contribution in [-0.2, 0) is 11.2 Å². The first-order valence-electron chi connectivity index (χ1n) is 9.28. The lowest BCUT2D eigenvalue weighted by Gasteiger charge is -2.21. The molecular formula is C22H30N2O3. The van der Waals surface area contributed by atoms with Crippen molar-refractivity contribution in [2.75, 3.05) is 19.5 Å². The van der Waals surface area contributed by atoms with E-state index in [0.29, 0.717) is 11.5 Å². The Kier molecular flexibility index (Phi) is 7.53. The quantitative estimate of drug-likeness (QED) is 0.702. The second-order valence-electron chi connectivity index (χ2n) is 6.82. The van der Waals surface area contributed by atoms with Crippen LogP contribution in [0.2, 0.25) is 0 Å². The second kappa shape index (κ2) is 9.86. The zero-order valence-corrected chi connectivity index (χ0v) is 16.8. The average Bonchev–Trinajstić information content (AvgIpc) is 2.68. The molecule has 0 aliphatic rings. The molecule has 0 aromatic heterocycles. The molecule has 0 unspecified atom stereocenters. The number of hydrogen-bond acceptors (Lipinski definition) is 4. The summed E-state index contributed by atoms with van der Waals surface area (Å²) in [6, 6.07) is 13.8. The molecule has 0 bridgehead atoms. The van der Waals surface area contributed by atoms with E-state index in [2.05, 4.69) is 22.8 Å². The topological polar surface area (TPSA) is 59.6 Å². The molecule has 5 heteroatoms. The van der Waals surface area contributed by atoms with E-state index in [1.54, 1.807) is 14.2 Å². The third-order valence-corrected chi connectivity index (χ3v) is 4.59. The van der Waals surface area contributed by atoms with Crippen LogP contribution in [-0.4, -0.2) is 32.2 Å². The van der Waals surface area contributed by atoms with Crippen LogP contribution in [0.5, 0.6) is 11.5 Å². The van der Waals surface area contributed by atoms with E-state index < -0.39 is 0 Å². The molecule has 2 rings (SSSR count). The number of aryl methyl sites for hydroxylation is 2. The maximum absolute atomic E-state index is 12.5. The lowest BCUT2D eigenvalue weighted by atomic mass is 10.1. The minimum atomic E-state index is -0.360. The molecule has 2 aromatic rings. The van der Waals surface area contributed by atoms with Crippen LogP contribution in [0.25, 0.3) is 0 Å². The van der Waals surface area contributed by atoms with Crippen molar-refractivity contribution < 1.29 is 14.3 Å². The van der Waals surface area contributed by atoms with Crippen LogP contribution in [0.3, 0.4) is 0 Å². The van der Waals surface area contributed by atoms with Crippen molar-refractivity contribution >= 4 is 11.6 Å². The summed E-state index contributed by atoms with van der Waals surface area (Å²) in [6.07, 6.45) is 1.84. The minimum absolute atomic E-state index is 0.0234. The van der Waals surface area contributed by atoms with Gasteiger partial charge in [0.1, 0.15) is 6.04 Å². The zero-order valence-electron chi connectivity index (χ0n) is 16.8. The lowest BCUT2D eigenvalue weighted by Crippen LogP contribution is -2.42. The Morgan fingerprint density at radius 1 is 1.04 bits per heavy atom. The molecule has 146 valence electrons. The Morgan fingerprint density at radius 3 is 2.30 bits per heavy atom. The van der Waals surface area contributed by atoms with E-state index in [4.69, 9.17) is 9.47 Å². The summed E-state index contributed by atoms with van der Waals surface area (Å²) in [5, 5.41) is 6.35. The van der Waals surface area contributed by atoms with Gasteiger partial charge in [0.2, 0.25) is 5.91 Å². The van der Waals surface area contributed by atoms with Gasteiger partial charge in [-0.1, -0.05) is 30.3 Å². The van der Waals surface area contributed by atoms with Gasteiger partial charge in [0.05, 0.1) is 14.2 Å². The molecule has 0 spiro atoms. The molecular weight excluding hydrogens is 340 g/mol. The van der Waals surface area contributed by atoms with Crippen LogP contribution >= 0.6 is 0 Å². The molecule has 0 aliphatic heterocycles. The fourth-order valence-electron chi connectivity index (χ4n) is 2.90. The third kappa shape index (κ3) is 5.91. The summed E-state index contributed by atoms with van der Waals surface area (Å²) in [5.41, 5.74) is 3.13. The third-order valence-electron chi connectivity index (χ3n) is 4.59.